The van der Waals surface area contributed by atoms with E-state index in [0.717, 1.165) is 10.9 Å². The first-order valence-corrected chi connectivity index (χ1v) is 7.54. The molecule has 0 unspecified atom stereocenters. The molecule has 86 valence electrons. The number of aromatic nitrogens is 2. The Kier molecular flexibility index (Phi) is 2.94. The van der Waals surface area contributed by atoms with Gasteiger partial charge in [-0.15, -0.1) is 11.3 Å². The Labute approximate surface area is 106 Å². The molecule has 0 fully saturated rings. The zero-order chi connectivity index (χ0) is 11.5. The number of thiazole rings is 1. The van der Waals surface area contributed by atoms with Crippen LogP contribution in [0, 0.1) is 0 Å². The van der Waals surface area contributed by atoms with Crippen molar-refractivity contribution < 1.29 is 0 Å². The summed E-state index contributed by atoms with van der Waals surface area (Å²) >= 11 is 1.57. The molecule has 0 radical (unpaired) electrons. The molecule has 3 rings (SSSR count). The smallest absolute Gasteiger partial charge is 0.188 e. The quantitative estimate of drug-likeness (QED) is 0.828. The summed E-state index contributed by atoms with van der Waals surface area (Å²) in [6, 6.07) is 4.12. The van der Waals surface area contributed by atoms with Gasteiger partial charge in [0.15, 0.2) is 5.13 Å². The molecule has 3 heterocycles. The Morgan fingerprint density at radius 3 is 2.65 bits per heavy atom. The molecular formula is C12H11N3S2. The predicted octanol–water partition coefficient (Wildman–Crippen LogP) is 3.68. The number of thiol groups is 1. The van der Waals surface area contributed by atoms with Crippen LogP contribution >= 0.6 is 22.2 Å². The molecule has 0 atom stereocenters. The molecule has 1 aliphatic heterocycles. The van der Waals surface area contributed by atoms with Gasteiger partial charge in [0.2, 0.25) is 0 Å². The zero-order valence-corrected chi connectivity index (χ0v) is 10.7. The van der Waals surface area contributed by atoms with E-state index in [1.165, 1.54) is 4.90 Å². The van der Waals surface area contributed by atoms with Gasteiger partial charge in [0.1, 0.15) is 5.82 Å². The van der Waals surface area contributed by atoms with Crippen molar-refractivity contribution in [3.63, 3.8) is 0 Å². The van der Waals surface area contributed by atoms with Crippen molar-refractivity contribution in [2.75, 3.05) is 5.32 Å². The molecule has 0 bridgehead atoms. The monoisotopic (exact) mass is 261 g/mol. The van der Waals surface area contributed by atoms with Crippen LogP contribution < -0.4 is 5.32 Å². The van der Waals surface area contributed by atoms with Crippen LogP contribution in [0.5, 0.6) is 0 Å². The number of allylic oxidation sites excluding steroid dienone is 2. The highest BCUT2D eigenvalue weighted by atomic mass is 32.2. The molecule has 5 heteroatoms. The highest BCUT2D eigenvalue weighted by molar-refractivity contribution is 8.22. The van der Waals surface area contributed by atoms with Crippen LogP contribution in [0.25, 0.3) is 0 Å². The summed E-state index contributed by atoms with van der Waals surface area (Å²) in [5, 5.41) is 10.4. The summed E-state index contributed by atoms with van der Waals surface area (Å²) in [4.78, 5) is 9.84. The van der Waals surface area contributed by atoms with Gasteiger partial charge in [-0.05, 0) is 22.9 Å². The van der Waals surface area contributed by atoms with Crippen molar-refractivity contribution in [3.05, 3.63) is 52.9 Å². The van der Waals surface area contributed by atoms with Crippen LogP contribution in [0.3, 0.4) is 0 Å². The molecule has 2 aromatic rings. The first-order valence-electron chi connectivity index (χ1n) is 5.18. The first kappa shape index (κ1) is 10.6. The molecule has 0 spiro atoms. The average Bonchev–Trinajstić information content (AvgIpc) is 3.01. The minimum absolute atomic E-state index is 0.267. The lowest BCUT2D eigenvalue weighted by Gasteiger charge is -2.10. The number of pyridine rings is 1. The topological polar surface area (TPSA) is 37.8 Å². The maximum absolute atomic E-state index is 4.40. The minimum atomic E-state index is -0.267. The molecule has 2 aromatic heterocycles. The van der Waals surface area contributed by atoms with Gasteiger partial charge < -0.3 is 5.32 Å². The third-order valence-corrected chi connectivity index (χ3v) is 4.85. The van der Waals surface area contributed by atoms with Crippen LogP contribution in [0.2, 0.25) is 0 Å². The maximum atomic E-state index is 4.40. The van der Waals surface area contributed by atoms with Crippen LogP contribution in [-0.4, -0.2) is 9.97 Å². The van der Waals surface area contributed by atoms with E-state index in [1.54, 1.807) is 17.5 Å². The Morgan fingerprint density at radius 1 is 1.12 bits per heavy atom. The zero-order valence-electron chi connectivity index (χ0n) is 8.95. The molecule has 0 saturated heterocycles. The number of nitrogens with one attached hydrogen (secondary N) is 1. The van der Waals surface area contributed by atoms with E-state index < -0.39 is 0 Å². The maximum Gasteiger partial charge on any atom is 0.188 e. The van der Waals surface area contributed by atoms with Crippen LogP contribution in [0.15, 0.2) is 57.8 Å². The number of hydrogen-bond donors (Lipinski definition) is 2. The molecule has 0 saturated carbocycles. The van der Waals surface area contributed by atoms with Gasteiger partial charge in [0.05, 0.1) is 0 Å². The Hall–Kier alpha value is -1.59. The molecule has 0 aromatic carbocycles. The van der Waals surface area contributed by atoms with Crippen molar-refractivity contribution in [1.29, 1.82) is 0 Å². The van der Waals surface area contributed by atoms with Gasteiger partial charge in [-0.25, -0.2) is 9.97 Å². The summed E-state index contributed by atoms with van der Waals surface area (Å²) in [6.07, 6.45) is 7.89. The van der Waals surface area contributed by atoms with Gasteiger partial charge in [-0.1, -0.05) is 12.2 Å². The SMILES string of the molecule is C1=C[SH](c2ccc(Nc3nccs3)nc2)C=C1. The second-order valence-electron chi connectivity index (χ2n) is 3.45. The van der Waals surface area contributed by atoms with Crippen molar-refractivity contribution >= 4 is 33.2 Å². The van der Waals surface area contributed by atoms with Crippen molar-refractivity contribution in [2.45, 2.75) is 4.90 Å². The van der Waals surface area contributed by atoms with E-state index in [0.29, 0.717) is 0 Å². The van der Waals surface area contributed by atoms with E-state index in [4.69, 9.17) is 0 Å². The second kappa shape index (κ2) is 4.73. The lowest BCUT2D eigenvalue weighted by atomic mass is 10.5. The number of hydrogen-bond acceptors (Lipinski definition) is 4. The first-order chi connectivity index (χ1) is 8.42. The summed E-state index contributed by atoms with van der Waals surface area (Å²) in [7, 11) is -0.267. The van der Waals surface area contributed by atoms with Gasteiger partial charge in [-0.3, -0.25) is 0 Å². The van der Waals surface area contributed by atoms with E-state index in [1.807, 2.05) is 17.6 Å². The summed E-state index contributed by atoms with van der Waals surface area (Å²) < 4.78 is 0. The van der Waals surface area contributed by atoms with Crippen molar-refractivity contribution in [3.8, 4) is 0 Å². The Balaban J connectivity index is 1.76. The predicted molar refractivity (Wildman–Crippen MR) is 75.2 cm³/mol. The van der Waals surface area contributed by atoms with E-state index in [2.05, 4.69) is 44.3 Å². The lowest BCUT2D eigenvalue weighted by Crippen LogP contribution is -1.92. The summed E-state index contributed by atoms with van der Waals surface area (Å²) in [5.74, 6) is 0.839. The Bertz CT molecular complexity index is 532. The fraction of sp³-hybridized carbons (Fsp3) is 0. The number of anilines is 2. The van der Waals surface area contributed by atoms with Crippen LogP contribution in [0.1, 0.15) is 0 Å². The number of nitrogens with zero attached hydrogens (tertiary/aromatic N) is 2. The molecule has 1 aliphatic rings. The van der Waals surface area contributed by atoms with Crippen molar-refractivity contribution in [1.82, 2.24) is 9.97 Å². The summed E-state index contributed by atoms with van der Waals surface area (Å²) in [5.41, 5.74) is 0. The molecular weight excluding hydrogens is 250 g/mol. The third-order valence-electron chi connectivity index (χ3n) is 2.32. The lowest BCUT2D eigenvalue weighted by molar-refractivity contribution is 1.22. The largest absolute Gasteiger partial charge is 0.316 e. The van der Waals surface area contributed by atoms with Gasteiger partial charge in [0, 0.05) is 22.7 Å². The van der Waals surface area contributed by atoms with E-state index >= 15 is 0 Å². The highest BCUT2D eigenvalue weighted by Crippen LogP contribution is 2.41. The van der Waals surface area contributed by atoms with Crippen LogP contribution in [-0.2, 0) is 0 Å². The summed E-state index contributed by atoms with van der Waals surface area (Å²) in [6.45, 7) is 0. The normalized spacial score (nSPS) is 15.4. The molecule has 1 N–H and O–H groups in total. The standard InChI is InChI=1S/C12H11N3S2/c1-2-8-17(7-1)10-3-4-11(14-9-10)15-12-13-5-6-16-12/h1-9,17H,(H,13,14,15). The van der Waals surface area contributed by atoms with Crippen LogP contribution in [0.4, 0.5) is 10.9 Å². The fourth-order valence-corrected chi connectivity index (χ4v) is 3.50. The minimum Gasteiger partial charge on any atom is -0.316 e. The number of rotatable bonds is 3. The third kappa shape index (κ3) is 2.40. The average molecular weight is 261 g/mol. The molecule has 3 nitrogen and oxygen atoms in total. The molecule has 0 amide bonds. The second-order valence-corrected chi connectivity index (χ2v) is 6.28. The van der Waals surface area contributed by atoms with E-state index in [9.17, 15) is 0 Å². The van der Waals surface area contributed by atoms with Gasteiger partial charge >= 0.3 is 0 Å². The van der Waals surface area contributed by atoms with Gasteiger partial charge in [-0.2, -0.15) is 10.9 Å². The fourth-order valence-electron chi connectivity index (χ4n) is 1.51. The van der Waals surface area contributed by atoms with Crippen molar-refractivity contribution in [2.24, 2.45) is 0 Å². The Morgan fingerprint density at radius 2 is 2.00 bits per heavy atom. The molecule has 17 heavy (non-hydrogen) atoms. The molecule has 0 aliphatic carbocycles. The van der Waals surface area contributed by atoms with E-state index in [-0.39, 0.29) is 10.9 Å². The van der Waals surface area contributed by atoms with Gasteiger partial charge in [0.25, 0.3) is 0 Å². The highest BCUT2D eigenvalue weighted by Gasteiger charge is 2.04.